The zero-order valence-corrected chi connectivity index (χ0v) is 15.3. The van der Waals surface area contributed by atoms with E-state index >= 15 is 0 Å². The molecule has 0 radical (unpaired) electrons. The molecule has 1 saturated heterocycles. The molecule has 3 nitrogen and oxygen atoms in total. The second kappa shape index (κ2) is 8.06. The van der Waals surface area contributed by atoms with Crippen LogP contribution in [0.5, 0.6) is 5.75 Å². The van der Waals surface area contributed by atoms with E-state index in [4.69, 9.17) is 10.6 Å². The number of nitrogens with zero attached hydrogens (tertiary/aromatic N) is 1. The van der Waals surface area contributed by atoms with Crippen molar-refractivity contribution in [2.24, 2.45) is 11.8 Å². The van der Waals surface area contributed by atoms with Gasteiger partial charge in [0.25, 0.3) is 0 Å². The molecular weight excluding hydrogens is 316 g/mol. The van der Waals surface area contributed by atoms with E-state index in [1.807, 2.05) is 5.01 Å². The Bertz CT molecular complexity index is 662. The SMILES string of the molecule is COc1ccc(SC)cc1C[C@@H]1CCCN(N)[C@@H]1c1ccccc1. The molecule has 3 rings (SSSR count). The Kier molecular flexibility index (Phi) is 5.82. The van der Waals surface area contributed by atoms with E-state index in [9.17, 15) is 0 Å². The summed E-state index contributed by atoms with van der Waals surface area (Å²) < 4.78 is 5.60. The van der Waals surface area contributed by atoms with Crippen LogP contribution >= 0.6 is 11.8 Å². The number of benzene rings is 2. The molecule has 0 amide bonds. The number of nitrogens with two attached hydrogens (primary N) is 1. The number of ether oxygens (including phenoxy) is 1. The molecule has 0 aromatic heterocycles. The molecule has 0 bridgehead atoms. The topological polar surface area (TPSA) is 38.5 Å². The molecule has 0 unspecified atom stereocenters. The summed E-state index contributed by atoms with van der Waals surface area (Å²) in [5.74, 6) is 7.86. The van der Waals surface area contributed by atoms with E-state index in [-0.39, 0.29) is 6.04 Å². The van der Waals surface area contributed by atoms with Crippen LogP contribution in [0, 0.1) is 5.92 Å². The number of rotatable bonds is 5. The van der Waals surface area contributed by atoms with Crippen LogP contribution in [0.1, 0.15) is 30.0 Å². The minimum absolute atomic E-state index is 0.266. The first-order valence-electron chi connectivity index (χ1n) is 8.50. The lowest BCUT2D eigenvalue weighted by Crippen LogP contribution is -2.44. The fourth-order valence-electron chi connectivity index (χ4n) is 3.76. The molecule has 0 spiro atoms. The molecule has 0 aliphatic carbocycles. The van der Waals surface area contributed by atoms with Gasteiger partial charge in [-0.2, -0.15) is 0 Å². The van der Waals surface area contributed by atoms with Crippen LogP contribution < -0.4 is 10.6 Å². The molecule has 2 aromatic rings. The van der Waals surface area contributed by atoms with E-state index < -0.39 is 0 Å². The number of hydrazine groups is 1. The van der Waals surface area contributed by atoms with Crippen molar-refractivity contribution in [1.82, 2.24) is 5.01 Å². The summed E-state index contributed by atoms with van der Waals surface area (Å²) in [6.45, 7) is 0.956. The highest BCUT2D eigenvalue weighted by Crippen LogP contribution is 2.38. The van der Waals surface area contributed by atoms with Crippen LogP contribution in [0.15, 0.2) is 53.4 Å². The molecule has 2 N–H and O–H groups in total. The van der Waals surface area contributed by atoms with Crippen LogP contribution in [0.2, 0.25) is 0 Å². The van der Waals surface area contributed by atoms with Crippen molar-refractivity contribution >= 4 is 11.8 Å². The Balaban J connectivity index is 1.89. The maximum atomic E-state index is 6.38. The van der Waals surface area contributed by atoms with Gasteiger partial charge in [0.15, 0.2) is 0 Å². The highest BCUT2D eigenvalue weighted by Gasteiger charge is 2.31. The third-order valence-corrected chi connectivity index (χ3v) is 5.63. The highest BCUT2D eigenvalue weighted by atomic mass is 32.2. The van der Waals surface area contributed by atoms with Crippen LogP contribution in [0.4, 0.5) is 0 Å². The first-order chi connectivity index (χ1) is 11.7. The normalized spacial score (nSPS) is 21.6. The lowest BCUT2D eigenvalue weighted by molar-refractivity contribution is 0.0922. The molecular formula is C20H26N2OS. The van der Waals surface area contributed by atoms with Crippen molar-refractivity contribution in [3.63, 3.8) is 0 Å². The third kappa shape index (κ3) is 3.77. The van der Waals surface area contributed by atoms with E-state index in [0.717, 1.165) is 25.1 Å². The fraction of sp³-hybridized carbons (Fsp3) is 0.400. The monoisotopic (exact) mass is 342 g/mol. The van der Waals surface area contributed by atoms with Crippen LogP contribution in [-0.2, 0) is 6.42 Å². The van der Waals surface area contributed by atoms with Gasteiger partial charge in [-0.25, -0.2) is 5.01 Å². The van der Waals surface area contributed by atoms with E-state index in [2.05, 4.69) is 54.8 Å². The number of hydrogen-bond donors (Lipinski definition) is 1. The Labute approximate surface area is 149 Å². The van der Waals surface area contributed by atoms with Gasteiger partial charge in [-0.3, -0.25) is 5.84 Å². The quantitative estimate of drug-likeness (QED) is 0.650. The smallest absolute Gasteiger partial charge is 0.122 e. The Morgan fingerprint density at radius 2 is 2.00 bits per heavy atom. The molecule has 1 fully saturated rings. The van der Waals surface area contributed by atoms with Gasteiger partial charge in [0.2, 0.25) is 0 Å². The van der Waals surface area contributed by atoms with Crippen molar-refractivity contribution in [2.45, 2.75) is 30.2 Å². The molecule has 1 aliphatic rings. The zero-order chi connectivity index (χ0) is 16.9. The van der Waals surface area contributed by atoms with Crippen molar-refractivity contribution in [2.75, 3.05) is 19.9 Å². The van der Waals surface area contributed by atoms with Crippen molar-refractivity contribution in [1.29, 1.82) is 0 Å². The summed E-state index contributed by atoms with van der Waals surface area (Å²) in [7, 11) is 1.75. The standard InChI is InChI=1S/C20H26N2OS/c1-23-19-11-10-18(24-2)14-17(19)13-16-9-6-12-22(21)20(16)15-7-4-3-5-8-15/h3-5,7-8,10-11,14,16,20H,6,9,12-13,21H2,1-2H3/t16-,20+/m0/s1. The summed E-state index contributed by atoms with van der Waals surface area (Å²) in [6, 6.07) is 17.4. The molecule has 1 aliphatic heterocycles. The first kappa shape index (κ1) is 17.3. The Morgan fingerprint density at radius 3 is 2.71 bits per heavy atom. The number of methoxy groups -OCH3 is 1. The average molecular weight is 343 g/mol. The minimum Gasteiger partial charge on any atom is -0.496 e. The Hall–Kier alpha value is -1.49. The lowest BCUT2D eigenvalue weighted by atomic mass is 9.81. The van der Waals surface area contributed by atoms with Gasteiger partial charge in [0, 0.05) is 11.4 Å². The molecule has 2 aromatic carbocycles. The molecule has 2 atom stereocenters. The predicted octanol–water partition coefficient (Wildman–Crippen LogP) is 4.29. The van der Waals surface area contributed by atoms with Gasteiger partial charge in [-0.05, 0) is 60.8 Å². The molecule has 128 valence electrons. The third-order valence-electron chi connectivity index (χ3n) is 4.91. The van der Waals surface area contributed by atoms with Crippen LogP contribution in [-0.4, -0.2) is 24.9 Å². The summed E-state index contributed by atoms with van der Waals surface area (Å²) in [5.41, 5.74) is 2.59. The van der Waals surface area contributed by atoms with E-state index in [1.54, 1.807) is 18.9 Å². The fourth-order valence-corrected chi connectivity index (χ4v) is 4.22. The number of piperidine rings is 1. The second-order valence-electron chi connectivity index (χ2n) is 6.38. The van der Waals surface area contributed by atoms with Gasteiger partial charge >= 0.3 is 0 Å². The molecule has 24 heavy (non-hydrogen) atoms. The second-order valence-corrected chi connectivity index (χ2v) is 7.26. The largest absolute Gasteiger partial charge is 0.496 e. The van der Waals surface area contributed by atoms with Crippen molar-refractivity contribution in [3.05, 3.63) is 59.7 Å². The summed E-state index contributed by atoms with van der Waals surface area (Å²) in [4.78, 5) is 1.28. The predicted molar refractivity (Wildman–Crippen MR) is 101 cm³/mol. The Morgan fingerprint density at radius 1 is 1.21 bits per heavy atom. The van der Waals surface area contributed by atoms with Crippen molar-refractivity contribution in [3.8, 4) is 5.75 Å². The lowest BCUT2D eigenvalue weighted by Gasteiger charge is -2.39. The minimum atomic E-state index is 0.266. The average Bonchev–Trinajstić information content (AvgIpc) is 2.62. The molecule has 4 heteroatoms. The van der Waals surface area contributed by atoms with Gasteiger partial charge < -0.3 is 4.74 Å². The summed E-state index contributed by atoms with van der Waals surface area (Å²) in [6.07, 6.45) is 5.44. The summed E-state index contributed by atoms with van der Waals surface area (Å²) in [5, 5.41) is 2.02. The maximum absolute atomic E-state index is 6.38. The van der Waals surface area contributed by atoms with E-state index in [0.29, 0.717) is 5.92 Å². The van der Waals surface area contributed by atoms with E-state index in [1.165, 1.54) is 22.4 Å². The van der Waals surface area contributed by atoms with Gasteiger partial charge in [0.05, 0.1) is 13.2 Å². The molecule has 0 saturated carbocycles. The van der Waals surface area contributed by atoms with Crippen molar-refractivity contribution < 1.29 is 4.74 Å². The van der Waals surface area contributed by atoms with Gasteiger partial charge in [0.1, 0.15) is 5.75 Å². The zero-order valence-electron chi connectivity index (χ0n) is 14.4. The molecule has 1 heterocycles. The van der Waals surface area contributed by atoms with Gasteiger partial charge in [-0.1, -0.05) is 30.3 Å². The highest BCUT2D eigenvalue weighted by molar-refractivity contribution is 7.98. The summed E-state index contributed by atoms with van der Waals surface area (Å²) >= 11 is 1.77. The maximum Gasteiger partial charge on any atom is 0.122 e. The number of thioether (sulfide) groups is 1. The first-order valence-corrected chi connectivity index (χ1v) is 9.72. The van der Waals surface area contributed by atoms with Crippen LogP contribution in [0.3, 0.4) is 0 Å². The van der Waals surface area contributed by atoms with Gasteiger partial charge in [-0.15, -0.1) is 11.8 Å². The number of hydrogen-bond acceptors (Lipinski definition) is 4. The van der Waals surface area contributed by atoms with Crippen LogP contribution in [0.25, 0.3) is 0 Å².